The van der Waals surface area contributed by atoms with E-state index in [0.717, 1.165) is 10.6 Å². The van der Waals surface area contributed by atoms with Gasteiger partial charge >= 0.3 is 5.97 Å². The molecule has 2 aromatic rings. The Morgan fingerprint density at radius 1 is 1.17 bits per heavy atom. The maximum Gasteiger partial charge on any atom is 0.331 e. The quantitative estimate of drug-likeness (QED) is 0.468. The van der Waals surface area contributed by atoms with Gasteiger partial charge in [0, 0.05) is 15.9 Å². The fourth-order valence-electron chi connectivity index (χ4n) is 2.04. The molecule has 0 aliphatic rings. The smallest absolute Gasteiger partial charge is 0.331 e. The molecule has 0 saturated carbocycles. The first kappa shape index (κ1) is 18.1. The maximum absolute atomic E-state index is 11.8. The van der Waals surface area contributed by atoms with Crippen molar-refractivity contribution in [2.45, 2.75) is 17.9 Å². The Labute approximate surface area is 146 Å². The first-order chi connectivity index (χ1) is 11.6. The molecule has 1 unspecified atom stereocenters. The van der Waals surface area contributed by atoms with Crippen molar-refractivity contribution in [3.05, 3.63) is 71.1 Å². The van der Waals surface area contributed by atoms with E-state index in [1.54, 1.807) is 14.0 Å². The normalized spacial score (nSPS) is 12.5. The van der Waals surface area contributed by atoms with Gasteiger partial charge in [-0.25, -0.2) is 4.79 Å². The molecule has 0 aromatic heterocycles. The minimum Gasteiger partial charge on any atom is -0.497 e. The molecule has 0 saturated heterocycles. The van der Waals surface area contributed by atoms with Crippen LogP contribution in [0.2, 0.25) is 0 Å². The Morgan fingerprint density at radius 2 is 1.83 bits per heavy atom. The third-order valence-electron chi connectivity index (χ3n) is 3.23. The molecule has 5 heteroatoms. The largest absolute Gasteiger partial charge is 0.497 e. The van der Waals surface area contributed by atoms with Crippen LogP contribution in [0.5, 0.6) is 5.75 Å². The standard InChI is InChI=1S/C19H20O4S/c1-3-23-18(20)13-17(19(21)14-7-5-4-6-8-14)24-16-11-9-15(22-2)10-12-16/h4-13,19,21H,3H2,1-2H3/b17-13-. The van der Waals surface area contributed by atoms with Crippen LogP contribution in [0.15, 0.2) is 70.5 Å². The summed E-state index contributed by atoms with van der Waals surface area (Å²) in [4.78, 5) is 13.2. The van der Waals surface area contributed by atoms with Crippen LogP contribution in [-0.4, -0.2) is 24.8 Å². The van der Waals surface area contributed by atoms with Crippen molar-refractivity contribution in [2.75, 3.05) is 13.7 Å². The number of methoxy groups -OCH3 is 1. The summed E-state index contributed by atoms with van der Waals surface area (Å²) in [6.07, 6.45) is 0.443. The van der Waals surface area contributed by atoms with E-state index in [1.807, 2.05) is 54.6 Å². The van der Waals surface area contributed by atoms with Crippen molar-refractivity contribution in [2.24, 2.45) is 0 Å². The molecular formula is C19H20O4S. The highest BCUT2D eigenvalue weighted by atomic mass is 32.2. The lowest BCUT2D eigenvalue weighted by molar-refractivity contribution is -0.137. The number of hydrogen-bond donors (Lipinski definition) is 1. The van der Waals surface area contributed by atoms with Crippen LogP contribution >= 0.6 is 11.8 Å². The van der Waals surface area contributed by atoms with Crippen LogP contribution in [0.25, 0.3) is 0 Å². The van der Waals surface area contributed by atoms with E-state index in [1.165, 1.54) is 17.8 Å². The fraction of sp³-hybridized carbons (Fsp3) is 0.211. The zero-order valence-electron chi connectivity index (χ0n) is 13.6. The molecule has 0 radical (unpaired) electrons. The van der Waals surface area contributed by atoms with Crippen LogP contribution in [-0.2, 0) is 9.53 Å². The highest BCUT2D eigenvalue weighted by molar-refractivity contribution is 8.03. The minimum atomic E-state index is -0.900. The summed E-state index contributed by atoms with van der Waals surface area (Å²) in [6, 6.07) is 16.6. The Morgan fingerprint density at radius 3 is 2.42 bits per heavy atom. The number of carbonyl (C=O) groups is 1. The molecule has 0 aliphatic heterocycles. The third-order valence-corrected chi connectivity index (χ3v) is 4.31. The number of hydrogen-bond acceptors (Lipinski definition) is 5. The number of rotatable bonds is 7. The minimum absolute atomic E-state index is 0.289. The lowest BCUT2D eigenvalue weighted by atomic mass is 10.1. The number of ether oxygens (including phenoxy) is 2. The molecule has 24 heavy (non-hydrogen) atoms. The molecule has 0 aliphatic carbocycles. The van der Waals surface area contributed by atoms with Gasteiger partial charge in [-0.2, -0.15) is 0 Å². The number of aliphatic hydroxyl groups excluding tert-OH is 1. The van der Waals surface area contributed by atoms with Crippen LogP contribution in [0.3, 0.4) is 0 Å². The second kappa shape index (κ2) is 9.15. The van der Waals surface area contributed by atoms with Crippen molar-refractivity contribution in [1.29, 1.82) is 0 Å². The van der Waals surface area contributed by atoms with E-state index in [0.29, 0.717) is 10.5 Å². The van der Waals surface area contributed by atoms with Gasteiger partial charge in [-0.1, -0.05) is 42.1 Å². The maximum atomic E-state index is 11.8. The van der Waals surface area contributed by atoms with Gasteiger partial charge in [0.15, 0.2) is 0 Å². The Hall–Kier alpha value is -2.24. The third kappa shape index (κ3) is 5.15. The molecule has 0 spiro atoms. The van der Waals surface area contributed by atoms with Gasteiger partial charge in [0.25, 0.3) is 0 Å². The molecule has 0 amide bonds. The zero-order chi connectivity index (χ0) is 17.4. The highest BCUT2D eigenvalue weighted by Gasteiger charge is 2.17. The molecule has 2 aromatic carbocycles. The monoisotopic (exact) mass is 344 g/mol. The molecular weight excluding hydrogens is 324 g/mol. The van der Waals surface area contributed by atoms with Crippen molar-refractivity contribution >= 4 is 17.7 Å². The molecule has 0 bridgehead atoms. The summed E-state index contributed by atoms with van der Waals surface area (Å²) in [5.41, 5.74) is 0.717. The van der Waals surface area contributed by atoms with E-state index in [-0.39, 0.29) is 6.61 Å². The van der Waals surface area contributed by atoms with Crippen LogP contribution < -0.4 is 4.74 Å². The highest BCUT2D eigenvalue weighted by Crippen LogP contribution is 2.36. The SMILES string of the molecule is CCOC(=O)/C=C(\Sc1ccc(OC)cc1)C(O)c1ccccc1. The van der Waals surface area contributed by atoms with Gasteiger partial charge in [0.05, 0.1) is 13.7 Å². The number of benzene rings is 2. The van der Waals surface area contributed by atoms with Gasteiger partial charge in [0.2, 0.25) is 0 Å². The molecule has 4 nitrogen and oxygen atoms in total. The molecule has 126 valence electrons. The van der Waals surface area contributed by atoms with Crippen LogP contribution in [0, 0.1) is 0 Å². The number of carbonyl (C=O) groups excluding carboxylic acids is 1. The molecule has 1 N–H and O–H groups in total. The zero-order valence-corrected chi connectivity index (χ0v) is 14.5. The molecule has 0 fully saturated rings. The second-order valence-electron chi connectivity index (χ2n) is 4.89. The second-order valence-corrected chi connectivity index (χ2v) is 6.04. The van der Waals surface area contributed by atoms with E-state index >= 15 is 0 Å². The Balaban J connectivity index is 2.26. The van der Waals surface area contributed by atoms with Crippen LogP contribution in [0.4, 0.5) is 0 Å². The number of thioether (sulfide) groups is 1. The van der Waals surface area contributed by atoms with Gasteiger partial charge in [0.1, 0.15) is 11.9 Å². The summed E-state index contributed by atoms with van der Waals surface area (Å²) < 4.78 is 10.1. The predicted molar refractivity (Wildman–Crippen MR) is 95.0 cm³/mol. The van der Waals surface area contributed by atoms with Crippen molar-refractivity contribution < 1.29 is 19.4 Å². The Bertz CT molecular complexity index is 680. The topological polar surface area (TPSA) is 55.8 Å². The molecule has 0 heterocycles. The summed E-state index contributed by atoms with van der Waals surface area (Å²) in [6.45, 7) is 2.03. The van der Waals surface area contributed by atoms with E-state index in [9.17, 15) is 9.90 Å². The lowest BCUT2D eigenvalue weighted by Gasteiger charge is -2.15. The first-order valence-electron chi connectivity index (χ1n) is 7.57. The van der Waals surface area contributed by atoms with E-state index < -0.39 is 12.1 Å². The van der Waals surface area contributed by atoms with Gasteiger partial charge in [-0.15, -0.1) is 0 Å². The van der Waals surface area contributed by atoms with E-state index in [2.05, 4.69) is 0 Å². The average molecular weight is 344 g/mol. The van der Waals surface area contributed by atoms with Crippen molar-refractivity contribution in [1.82, 2.24) is 0 Å². The fourth-order valence-corrected chi connectivity index (χ4v) is 2.99. The van der Waals surface area contributed by atoms with Gasteiger partial charge < -0.3 is 14.6 Å². The Kier molecular flexibility index (Phi) is 6.90. The lowest BCUT2D eigenvalue weighted by Crippen LogP contribution is -2.05. The van der Waals surface area contributed by atoms with Gasteiger partial charge in [-0.05, 0) is 36.8 Å². The van der Waals surface area contributed by atoms with Crippen molar-refractivity contribution in [3.8, 4) is 5.75 Å². The average Bonchev–Trinajstić information content (AvgIpc) is 2.62. The van der Waals surface area contributed by atoms with Crippen molar-refractivity contribution in [3.63, 3.8) is 0 Å². The predicted octanol–water partition coefficient (Wildman–Crippen LogP) is 3.97. The summed E-state index contributed by atoms with van der Waals surface area (Å²) in [5.74, 6) is 0.280. The molecule has 1 atom stereocenters. The van der Waals surface area contributed by atoms with Crippen LogP contribution in [0.1, 0.15) is 18.6 Å². The molecule has 2 rings (SSSR count). The van der Waals surface area contributed by atoms with Gasteiger partial charge in [-0.3, -0.25) is 0 Å². The summed E-state index contributed by atoms with van der Waals surface area (Å²) in [5, 5.41) is 10.6. The van der Waals surface area contributed by atoms with E-state index in [4.69, 9.17) is 9.47 Å². The number of aliphatic hydroxyl groups is 1. The number of esters is 1. The summed E-state index contributed by atoms with van der Waals surface area (Å²) >= 11 is 1.32. The first-order valence-corrected chi connectivity index (χ1v) is 8.39. The summed E-state index contributed by atoms with van der Waals surface area (Å²) in [7, 11) is 1.60.